The average molecular weight is 587 g/mol. The lowest BCUT2D eigenvalue weighted by molar-refractivity contribution is -0.137. The molecule has 0 unspecified atom stereocenters. The number of anilines is 2. The van der Waals surface area contributed by atoms with Gasteiger partial charge in [-0.25, -0.2) is 4.98 Å². The van der Waals surface area contributed by atoms with Crippen LogP contribution in [0.25, 0.3) is 11.2 Å². The molecule has 3 saturated heterocycles. The first-order valence-electron chi connectivity index (χ1n) is 14.8. The fourth-order valence-corrected chi connectivity index (χ4v) is 6.10. The van der Waals surface area contributed by atoms with Gasteiger partial charge >= 0.3 is 6.18 Å². The van der Waals surface area contributed by atoms with Crippen molar-refractivity contribution in [2.45, 2.75) is 50.9 Å². The number of nitrogens with zero attached hydrogens (tertiary/aromatic N) is 7. The normalized spacial score (nSPS) is 19.3. The summed E-state index contributed by atoms with van der Waals surface area (Å²) in [6, 6.07) is 5.71. The Kier molecular flexibility index (Phi) is 8.48. The number of amides is 1. The minimum atomic E-state index is -4.37. The number of carbonyl (C=O) groups is 1. The number of imidazole rings is 1. The second-order valence-corrected chi connectivity index (χ2v) is 11.2. The van der Waals surface area contributed by atoms with E-state index in [-0.39, 0.29) is 5.91 Å². The Morgan fingerprint density at radius 1 is 1.00 bits per heavy atom. The van der Waals surface area contributed by atoms with E-state index in [4.69, 9.17) is 14.7 Å². The Balaban J connectivity index is 1.20. The summed E-state index contributed by atoms with van der Waals surface area (Å²) in [5.74, 6) is 1.46. The standard InChI is InChI=1S/C29H37F3N8O2/c30-29(31,32)22-6-4-21(5-7-22)19-40-20-34-25-26(33-10-2-12-38-11-1-3-24(38)41)35-28(36-27(25)40)39-13-8-23(9-14-39)37-15-17-42-18-16-37/h4-7,20,23H,1-3,8-19H2,(H,33,35,36). The zero-order valence-corrected chi connectivity index (χ0v) is 23.7. The first-order valence-corrected chi connectivity index (χ1v) is 14.8. The third kappa shape index (κ3) is 6.46. The van der Waals surface area contributed by atoms with Crippen molar-refractivity contribution in [1.29, 1.82) is 0 Å². The molecule has 3 aromatic rings. The number of carbonyl (C=O) groups excluding carboxylic acids is 1. The minimum Gasteiger partial charge on any atom is -0.379 e. The van der Waals surface area contributed by atoms with Crippen molar-refractivity contribution in [3.8, 4) is 0 Å². The summed E-state index contributed by atoms with van der Waals surface area (Å²) in [4.78, 5) is 33.0. The number of hydrogen-bond acceptors (Lipinski definition) is 8. The van der Waals surface area contributed by atoms with Crippen molar-refractivity contribution in [3.63, 3.8) is 0 Å². The fraction of sp³-hybridized carbons (Fsp3) is 0.586. The molecule has 0 spiro atoms. The molecule has 42 heavy (non-hydrogen) atoms. The van der Waals surface area contributed by atoms with Gasteiger partial charge < -0.3 is 24.4 Å². The van der Waals surface area contributed by atoms with Crippen LogP contribution in [-0.4, -0.2) is 100 Å². The molecule has 226 valence electrons. The van der Waals surface area contributed by atoms with Gasteiger partial charge in [0.15, 0.2) is 17.0 Å². The zero-order valence-electron chi connectivity index (χ0n) is 23.7. The van der Waals surface area contributed by atoms with Crippen LogP contribution in [0, 0.1) is 0 Å². The van der Waals surface area contributed by atoms with Gasteiger partial charge in [-0.15, -0.1) is 0 Å². The predicted molar refractivity (Wildman–Crippen MR) is 152 cm³/mol. The molecule has 0 aliphatic carbocycles. The third-order valence-electron chi connectivity index (χ3n) is 8.46. The summed E-state index contributed by atoms with van der Waals surface area (Å²) >= 11 is 0. The van der Waals surface area contributed by atoms with Crippen molar-refractivity contribution in [2.75, 3.05) is 69.2 Å². The molecule has 10 nitrogen and oxygen atoms in total. The van der Waals surface area contributed by atoms with E-state index in [0.29, 0.717) is 55.0 Å². The van der Waals surface area contributed by atoms with Crippen LogP contribution in [0.3, 0.4) is 0 Å². The van der Waals surface area contributed by atoms with Crippen LogP contribution in [0.2, 0.25) is 0 Å². The maximum absolute atomic E-state index is 13.1. The molecule has 0 radical (unpaired) electrons. The van der Waals surface area contributed by atoms with E-state index in [1.807, 2.05) is 9.47 Å². The Bertz CT molecular complexity index is 1370. The molecular weight excluding hydrogens is 549 g/mol. The van der Waals surface area contributed by atoms with E-state index in [1.165, 1.54) is 12.1 Å². The van der Waals surface area contributed by atoms with Crippen LogP contribution >= 0.6 is 0 Å². The SMILES string of the molecule is O=C1CCCN1CCCNc1nc(N2CCC(N3CCOCC3)CC2)nc2c1ncn2Cc1ccc(C(F)(F)F)cc1. The van der Waals surface area contributed by atoms with Crippen molar-refractivity contribution in [3.05, 3.63) is 41.7 Å². The number of nitrogens with one attached hydrogen (secondary N) is 1. The van der Waals surface area contributed by atoms with Gasteiger partial charge in [0.05, 0.1) is 31.6 Å². The van der Waals surface area contributed by atoms with Crippen LogP contribution in [0.5, 0.6) is 0 Å². The molecule has 0 atom stereocenters. The van der Waals surface area contributed by atoms with Gasteiger partial charge in [-0.05, 0) is 43.4 Å². The number of alkyl halides is 3. The highest BCUT2D eigenvalue weighted by Crippen LogP contribution is 2.30. The molecule has 1 aromatic carbocycles. The van der Waals surface area contributed by atoms with Gasteiger partial charge in [-0.3, -0.25) is 9.69 Å². The largest absolute Gasteiger partial charge is 0.416 e. The molecule has 1 amide bonds. The molecule has 3 aliphatic heterocycles. The molecule has 1 N–H and O–H groups in total. The summed E-state index contributed by atoms with van der Waals surface area (Å²) < 4.78 is 46.6. The van der Waals surface area contributed by atoms with Crippen molar-refractivity contribution in [1.82, 2.24) is 29.3 Å². The number of ether oxygens (including phenoxy) is 1. The number of rotatable bonds is 9. The smallest absolute Gasteiger partial charge is 0.379 e. The van der Waals surface area contributed by atoms with Crippen LogP contribution in [0.15, 0.2) is 30.6 Å². The quantitative estimate of drug-likeness (QED) is 0.381. The van der Waals surface area contributed by atoms with Gasteiger partial charge in [0.1, 0.15) is 0 Å². The lowest BCUT2D eigenvalue weighted by Crippen LogP contribution is -2.49. The molecular formula is C29H37F3N8O2. The Hall–Kier alpha value is -3.45. The van der Waals surface area contributed by atoms with Crippen LogP contribution in [0.1, 0.15) is 43.2 Å². The number of fused-ring (bicyclic) bond motifs is 1. The topological polar surface area (TPSA) is 91.7 Å². The molecule has 0 saturated carbocycles. The van der Waals surface area contributed by atoms with Gasteiger partial charge in [0, 0.05) is 58.3 Å². The zero-order chi connectivity index (χ0) is 29.1. The first kappa shape index (κ1) is 28.7. The summed E-state index contributed by atoms with van der Waals surface area (Å²) in [6.45, 7) is 7.63. The number of piperidine rings is 1. The maximum atomic E-state index is 13.1. The summed E-state index contributed by atoms with van der Waals surface area (Å²) in [7, 11) is 0. The minimum absolute atomic E-state index is 0.212. The Labute approximate surface area is 242 Å². The predicted octanol–water partition coefficient (Wildman–Crippen LogP) is 3.62. The molecule has 3 aliphatic rings. The van der Waals surface area contributed by atoms with E-state index >= 15 is 0 Å². The van der Waals surface area contributed by atoms with Crippen LogP contribution < -0.4 is 10.2 Å². The van der Waals surface area contributed by atoms with Gasteiger partial charge in [0.25, 0.3) is 0 Å². The highest BCUT2D eigenvalue weighted by atomic mass is 19.4. The molecule has 13 heteroatoms. The summed E-state index contributed by atoms with van der Waals surface area (Å²) in [5, 5.41) is 3.43. The molecule has 2 aromatic heterocycles. The lowest BCUT2D eigenvalue weighted by atomic mass is 10.0. The van der Waals surface area contributed by atoms with Gasteiger partial charge in [0.2, 0.25) is 11.9 Å². The van der Waals surface area contributed by atoms with Crippen LogP contribution in [-0.2, 0) is 22.3 Å². The average Bonchev–Trinajstić information content (AvgIpc) is 3.61. The van der Waals surface area contributed by atoms with Gasteiger partial charge in [-0.1, -0.05) is 12.1 Å². The van der Waals surface area contributed by atoms with Crippen molar-refractivity contribution in [2.24, 2.45) is 0 Å². The fourth-order valence-electron chi connectivity index (χ4n) is 6.10. The molecule has 5 heterocycles. The number of aromatic nitrogens is 4. The highest BCUT2D eigenvalue weighted by Gasteiger charge is 2.30. The van der Waals surface area contributed by atoms with Crippen molar-refractivity contribution < 1.29 is 22.7 Å². The lowest BCUT2D eigenvalue weighted by Gasteiger charge is -2.40. The third-order valence-corrected chi connectivity index (χ3v) is 8.46. The van der Waals surface area contributed by atoms with Crippen molar-refractivity contribution >= 4 is 28.8 Å². The number of morpholine rings is 1. The second kappa shape index (κ2) is 12.4. The number of hydrogen-bond donors (Lipinski definition) is 1. The van der Waals surface area contributed by atoms with E-state index in [2.05, 4.69) is 20.1 Å². The van der Waals surface area contributed by atoms with E-state index in [0.717, 1.165) is 89.3 Å². The monoisotopic (exact) mass is 586 g/mol. The number of benzene rings is 1. The van der Waals surface area contributed by atoms with Crippen LogP contribution in [0.4, 0.5) is 24.9 Å². The second-order valence-electron chi connectivity index (χ2n) is 11.2. The molecule has 0 bridgehead atoms. The number of likely N-dealkylation sites (tertiary alicyclic amines) is 1. The molecule has 3 fully saturated rings. The Morgan fingerprint density at radius 3 is 2.45 bits per heavy atom. The first-order chi connectivity index (χ1) is 20.3. The van der Waals surface area contributed by atoms with E-state index in [1.54, 1.807) is 6.33 Å². The van der Waals surface area contributed by atoms with E-state index < -0.39 is 11.7 Å². The summed E-state index contributed by atoms with van der Waals surface area (Å²) in [6.07, 6.45) is 1.64. The van der Waals surface area contributed by atoms with Gasteiger partial charge in [-0.2, -0.15) is 23.1 Å². The molecule has 6 rings (SSSR count). The maximum Gasteiger partial charge on any atom is 0.416 e. The summed E-state index contributed by atoms with van der Waals surface area (Å²) in [5.41, 5.74) is 1.30. The highest BCUT2D eigenvalue weighted by molar-refractivity contribution is 5.84. The Morgan fingerprint density at radius 2 is 1.76 bits per heavy atom. The number of halogens is 3. The van der Waals surface area contributed by atoms with E-state index in [9.17, 15) is 18.0 Å².